The van der Waals surface area contributed by atoms with Crippen molar-refractivity contribution in [2.75, 3.05) is 0 Å². The van der Waals surface area contributed by atoms with Crippen molar-refractivity contribution in [3.8, 4) is 0 Å². The van der Waals surface area contributed by atoms with E-state index in [1.165, 1.54) is 0 Å². The van der Waals surface area contributed by atoms with Crippen molar-refractivity contribution in [2.45, 2.75) is 26.7 Å². The highest BCUT2D eigenvalue weighted by Gasteiger charge is 1.98. The molecular formula is C12H15NO. The van der Waals surface area contributed by atoms with Crippen LogP contribution in [-0.4, -0.2) is 10.8 Å². The van der Waals surface area contributed by atoms with Crippen LogP contribution in [0.2, 0.25) is 0 Å². The van der Waals surface area contributed by atoms with Crippen molar-refractivity contribution in [3.63, 3.8) is 0 Å². The number of pyridine rings is 1. The van der Waals surface area contributed by atoms with Gasteiger partial charge in [-0.25, -0.2) is 0 Å². The lowest BCUT2D eigenvalue weighted by atomic mass is 10.1. The summed E-state index contributed by atoms with van der Waals surface area (Å²) in [7, 11) is 0. The third-order valence-electron chi connectivity index (χ3n) is 1.83. The lowest BCUT2D eigenvalue weighted by molar-refractivity contribution is -0.114. The molecular weight excluding hydrogens is 174 g/mol. The fraction of sp³-hybridized carbons (Fsp3) is 0.333. The van der Waals surface area contributed by atoms with Crippen LogP contribution >= 0.6 is 0 Å². The van der Waals surface area contributed by atoms with Gasteiger partial charge in [0.2, 0.25) is 0 Å². The molecule has 0 amide bonds. The van der Waals surface area contributed by atoms with E-state index in [2.05, 4.69) is 4.98 Å². The minimum absolute atomic E-state index is 0.189. The number of hydrogen-bond donors (Lipinski definition) is 0. The molecule has 0 aliphatic heterocycles. The van der Waals surface area contributed by atoms with Crippen LogP contribution in [0.3, 0.4) is 0 Å². The zero-order valence-electron chi connectivity index (χ0n) is 8.66. The van der Waals surface area contributed by atoms with Crippen LogP contribution in [0.25, 0.3) is 0 Å². The summed E-state index contributed by atoms with van der Waals surface area (Å²) >= 11 is 0. The quantitative estimate of drug-likeness (QED) is 0.681. The van der Waals surface area contributed by atoms with Crippen LogP contribution in [0.5, 0.6) is 0 Å². The minimum atomic E-state index is 0.189. The number of aromatic nitrogens is 1. The molecule has 1 aromatic rings. The Morgan fingerprint density at radius 1 is 1.50 bits per heavy atom. The van der Waals surface area contributed by atoms with E-state index in [0.29, 0.717) is 6.42 Å². The molecule has 2 heteroatoms. The van der Waals surface area contributed by atoms with Crippen LogP contribution in [0.15, 0.2) is 36.2 Å². The zero-order valence-corrected chi connectivity index (χ0v) is 8.66. The van der Waals surface area contributed by atoms with Gasteiger partial charge in [0.25, 0.3) is 0 Å². The summed E-state index contributed by atoms with van der Waals surface area (Å²) in [6, 6.07) is 3.88. The molecule has 0 spiro atoms. The average Bonchev–Trinajstić information content (AvgIpc) is 2.15. The van der Waals surface area contributed by atoms with Crippen molar-refractivity contribution in [2.24, 2.45) is 0 Å². The SMILES string of the molecule is CC(C)=CC(=O)CCc1cccnc1. The number of carbonyl (C=O) groups is 1. The molecule has 1 aromatic heterocycles. The number of hydrogen-bond acceptors (Lipinski definition) is 2. The first-order chi connectivity index (χ1) is 6.68. The van der Waals surface area contributed by atoms with Crippen molar-refractivity contribution >= 4 is 5.78 Å². The molecule has 0 N–H and O–H groups in total. The van der Waals surface area contributed by atoms with Gasteiger partial charge in [0.1, 0.15) is 0 Å². The standard InChI is InChI=1S/C12H15NO/c1-10(2)8-12(14)6-5-11-4-3-7-13-9-11/h3-4,7-9H,5-6H2,1-2H3. The summed E-state index contributed by atoms with van der Waals surface area (Å²) < 4.78 is 0. The number of nitrogens with zero attached hydrogens (tertiary/aromatic N) is 1. The van der Waals surface area contributed by atoms with Crippen molar-refractivity contribution in [1.82, 2.24) is 4.98 Å². The molecule has 1 heterocycles. The summed E-state index contributed by atoms with van der Waals surface area (Å²) in [4.78, 5) is 15.3. The Morgan fingerprint density at radius 2 is 2.29 bits per heavy atom. The Kier molecular flexibility index (Phi) is 4.05. The first-order valence-corrected chi connectivity index (χ1v) is 4.75. The Labute approximate surface area is 84.7 Å². The van der Waals surface area contributed by atoms with E-state index < -0.39 is 0 Å². The van der Waals surface area contributed by atoms with Gasteiger partial charge < -0.3 is 0 Å². The second-order valence-electron chi connectivity index (χ2n) is 3.55. The van der Waals surface area contributed by atoms with E-state index in [9.17, 15) is 4.79 Å². The van der Waals surface area contributed by atoms with Gasteiger partial charge in [-0.2, -0.15) is 0 Å². The molecule has 14 heavy (non-hydrogen) atoms. The van der Waals surface area contributed by atoms with Crippen molar-refractivity contribution in [1.29, 1.82) is 0 Å². The van der Waals surface area contributed by atoms with E-state index in [-0.39, 0.29) is 5.78 Å². The first-order valence-electron chi connectivity index (χ1n) is 4.75. The summed E-state index contributed by atoms with van der Waals surface area (Å²) in [5.74, 6) is 0.189. The third-order valence-corrected chi connectivity index (χ3v) is 1.83. The Bertz CT molecular complexity index is 323. The molecule has 0 fully saturated rings. The highest BCUT2D eigenvalue weighted by atomic mass is 16.1. The molecule has 0 aromatic carbocycles. The lowest BCUT2D eigenvalue weighted by Gasteiger charge is -1.97. The fourth-order valence-electron chi connectivity index (χ4n) is 1.21. The van der Waals surface area contributed by atoms with Crippen LogP contribution < -0.4 is 0 Å². The van der Waals surface area contributed by atoms with E-state index in [0.717, 1.165) is 17.6 Å². The van der Waals surface area contributed by atoms with Gasteiger partial charge in [-0.3, -0.25) is 9.78 Å². The molecule has 0 atom stereocenters. The summed E-state index contributed by atoms with van der Waals surface area (Å²) in [6.45, 7) is 3.87. The van der Waals surface area contributed by atoms with Gasteiger partial charge in [0.05, 0.1) is 0 Å². The predicted octanol–water partition coefficient (Wildman–Crippen LogP) is 2.55. The topological polar surface area (TPSA) is 30.0 Å². The van der Waals surface area contributed by atoms with E-state index in [1.54, 1.807) is 18.5 Å². The van der Waals surface area contributed by atoms with Gasteiger partial charge >= 0.3 is 0 Å². The van der Waals surface area contributed by atoms with Gasteiger partial charge in [0.15, 0.2) is 5.78 Å². The minimum Gasteiger partial charge on any atom is -0.295 e. The zero-order chi connectivity index (χ0) is 10.4. The van der Waals surface area contributed by atoms with Gasteiger partial charge in [-0.05, 0) is 38.0 Å². The summed E-state index contributed by atoms with van der Waals surface area (Å²) in [6.07, 6.45) is 6.57. The Balaban J connectivity index is 2.42. The average molecular weight is 189 g/mol. The molecule has 0 saturated heterocycles. The molecule has 74 valence electrons. The summed E-state index contributed by atoms with van der Waals surface area (Å²) in [5.41, 5.74) is 2.17. The molecule has 0 saturated carbocycles. The van der Waals surface area contributed by atoms with E-state index in [1.807, 2.05) is 26.0 Å². The smallest absolute Gasteiger partial charge is 0.155 e. The number of carbonyl (C=O) groups excluding carboxylic acids is 1. The van der Waals surface area contributed by atoms with Gasteiger partial charge in [0, 0.05) is 18.8 Å². The number of allylic oxidation sites excluding steroid dienone is 2. The molecule has 0 unspecified atom stereocenters. The maximum Gasteiger partial charge on any atom is 0.155 e. The fourth-order valence-corrected chi connectivity index (χ4v) is 1.21. The van der Waals surface area contributed by atoms with E-state index >= 15 is 0 Å². The molecule has 0 aliphatic rings. The second kappa shape index (κ2) is 5.32. The van der Waals surface area contributed by atoms with Gasteiger partial charge in [-0.15, -0.1) is 0 Å². The van der Waals surface area contributed by atoms with Crippen LogP contribution in [0.4, 0.5) is 0 Å². The second-order valence-corrected chi connectivity index (χ2v) is 3.55. The maximum absolute atomic E-state index is 11.3. The Hall–Kier alpha value is -1.44. The van der Waals surface area contributed by atoms with Crippen LogP contribution in [-0.2, 0) is 11.2 Å². The number of aryl methyl sites for hydroxylation is 1. The molecule has 1 rings (SSSR count). The van der Waals surface area contributed by atoms with Crippen LogP contribution in [0, 0.1) is 0 Å². The highest BCUT2D eigenvalue weighted by molar-refractivity contribution is 5.90. The molecule has 0 radical (unpaired) electrons. The highest BCUT2D eigenvalue weighted by Crippen LogP contribution is 2.02. The normalized spacial score (nSPS) is 9.57. The predicted molar refractivity (Wildman–Crippen MR) is 57.0 cm³/mol. The summed E-state index contributed by atoms with van der Waals surface area (Å²) in [5, 5.41) is 0. The number of rotatable bonds is 4. The van der Waals surface area contributed by atoms with E-state index in [4.69, 9.17) is 0 Å². The van der Waals surface area contributed by atoms with Crippen LogP contribution in [0.1, 0.15) is 25.8 Å². The van der Waals surface area contributed by atoms with Gasteiger partial charge in [-0.1, -0.05) is 11.6 Å². The largest absolute Gasteiger partial charge is 0.295 e. The monoisotopic (exact) mass is 189 g/mol. The first kappa shape index (κ1) is 10.6. The third kappa shape index (κ3) is 3.99. The number of ketones is 1. The van der Waals surface area contributed by atoms with Crippen molar-refractivity contribution < 1.29 is 4.79 Å². The molecule has 0 aliphatic carbocycles. The Morgan fingerprint density at radius 3 is 2.86 bits per heavy atom. The molecule has 2 nitrogen and oxygen atoms in total. The molecule has 0 bridgehead atoms. The lowest BCUT2D eigenvalue weighted by Crippen LogP contribution is -1.96. The maximum atomic E-state index is 11.3. The van der Waals surface area contributed by atoms with Crippen molar-refractivity contribution in [3.05, 3.63) is 41.7 Å².